The molecule has 5 nitrogen and oxygen atoms in total. The van der Waals surface area contributed by atoms with Crippen LogP contribution in [0.25, 0.3) is 55.5 Å². The van der Waals surface area contributed by atoms with Gasteiger partial charge in [-0.2, -0.15) is 5.26 Å². The van der Waals surface area contributed by atoms with Crippen molar-refractivity contribution >= 4 is 44.1 Å². The van der Waals surface area contributed by atoms with Crippen molar-refractivity contribution < 1.29 is 0 Å². The van der Waals surface area contributed by atoms with Gasteiger partial charge in [0.15, 0.2) is 11.3 Å². The van der Waals surface area contributed by atoms with Gasteiger partial charge < -0.3 is 0 Å². The Bertz CT molecular complexity index is 1920. The number of nitriles is 1. The Morgan fingerprint density at radius 2 is 1.09 bits per heavy atom. The Morgan fingerprint density at radius 3 is 1.71 bits per heavy atom. The summed E-state index contributed by atoms with van der Waals surface area (Å²) in [7, 11) is 0. The minimum absolute atomic E-state index is 0.609. The molecule has 0 amide bonds. The SMILES string of the molecule is N#Cc1cccc(-n2c3ccccc3c3nc4c(nc32)c2ccccc2n4-c2ccccc2)c1. The fourth-order valence-corrected chi connectivity index (χ4v) is 4.87. The number of nitrogens with zero attached hydrogens (tertiary/aromatic N) is 5. The fourth-order valence-electron chi connectivity index (χ4n) is 4.87. The van der Waals surface area contributed by atoms with Gasteiger partial charge in [0, 0.05) is 22.1 Å². The van der Waals surface area contributed by atoms with E-state index in [1.807, 2.05) is 66.7 Å². The lowest BCUT2D eigenvalue weighted by atomic mass is 10.2. The summed E-state index contributed by atoms with van der Waals surface area (Å²) in [6, 6.07) is 36.6. The van der Waals surface area contributed by atoms with E-state index >= 15 is 0 Å². The van der Waals surface area contributed by atoms with Gasteiger partial charge in [-0.05, 0) is 42.5 Å². The van der Waals surface area contributed by atoms with Crippen LogP contribution in [0.2, 0.25) is 0 Å². The lowest BCUT2D eigenvalue weighted by molar-refractivity contribution is 1.12. The summed E-state index contributed by atoms with van der Waals surface area (Å²) in [5.74, 6) is 0. The zero-order valence-electron chi connectivity index (χ0n) is 18.1. The first kappa shape index (κ1) is 18.6. The molecule has 0 N–H and O–H groups in total. The average Bonchev–Trinajstić information content (AvgIpc) is 3.40. The van der Waals surface area contributed by atoms with E-state index in [1.54, 1.807) is 0 Å². The van der Waals surface area contributed by atoms with Crippen LogP contribution in [-0.4, -0.2) is 19.1 Å². The molecule has 3 aromatic heterocycles. The maximum Gasteiger partial charge on any atom is 0.165 e. The Kier molecular flexibility index (Phi) is 3.84. The molecule has 0 atom stereocenters. The van der Waals surface area contributed by atoms with Crippen molar-refractivity contribution in [3.8, 4) is 17.4 Å². The molecular formula is C29H17N5. The molecule has 158 valence electrons. The number of aromatic nitrogens is 4. The molecule has 3 heterocycles. The minimum Gasteiger partial charge on any atom is -0.293 e. The van der Waals surface area contributed by atoms with Gasteiger partial charge in [-0.25, -0.2) is 9.97 Å². The summed E-state index contributed by atoms with van der Waals surface area (Å²) in [6.07, 6.45) is 0. The second-order valence-corrected chi connectivity index (χ2v) is 8.27. The summed E-state index contributed by atoms with van der Waals surface area (Å²) in [4.78, 5) is 10.4. The number of benzene rings is 4. The maximum atomic E-state index is 9.47. The van der Waals surface area contributed by atoms with E-state index in [0.717, 1.165) is 55.5 Å². The van der Waals surface area contributed by atoms with Gasteiger partial charge in [0.25, 0.3) is 0 Å². The van der Waals surface area contributed by atoms with Crippen LogP contribution in [0.1, 0.15) is 5.56 Å². The van der Waals surface area contributed by atoms with Crippen LogP contribution in [0.4, 0.5) is 0 Å². The predicted molar refractivity (Wildman–Crippen MR) is 135 cm³/mol. The summed E-state index contributed by atoms with van der Waals surface area (Å²) < 4.78 is 4.28. The van der Waals surface area contributed by atoms with E-state index in [9.17, 15) is 5.26 Å². The third kappa shape index (κ3) is 2.54. The molecule has 0 spiro atoms. The maximum absolute atomic E-state index is 9.47. The van der Waals surface area contributed by atoms with Crippen LogP contribution in [-0.2, 0) is 0 Å². The van der Waals surface area contributed by atoms with Gasteiger partial charge in [0.2, 0.25) is 0 Å². The lowest BCUT2D eigenvalue weighted by Crippen LogP contribution is -1.98. The molecule has 0 unspecified atom stereocenters. The number of rotatable bonds is 2. The van der Waals surface area contributed by atoms with Gasteiger partial charge in [0.05, 0.1) is 22.7 Å². The molecule has 0 aliphatic rings. The summed E-state index contributed by atoms with van der Waals surface area (Å²) >= 11 is 0. The number of hydrogen-bond donors (Lipinski definition) is 0. The quantitative estimate of drug-likeness (QED) is 0.310. The number of hydrogen-bond acceptors (Lipinski definition) is 3. The third-order valence-electron chi connectivity index (χ3n) is 6.33. The topological polar surface area (TPSA) is 59.4 Å². The standard InChI is InChI=1S/C29H17N5/c30-18-19-9-8-12-21(17-19)34-25-16-7-5-14-23(25)27-29(34)32-26-22-13-4-6-15-24(22)33(28(26)31-27)20-10-2-1-3-11-20/h1-17H. The second kappa shape index (κ2) is 7.03. The fraction of sp³-hybridized carbons (Fsp3) is 0. The normalized spacial score (nSPS) is 11.5. The van der Waals surface area contributed by atoms with Crippen molar-refractivity contribution in [3.05, 3.63) is 109 Å². The molecule has 0 fully saturated rings. The van der Waals surface area contributed by atoms with Crippen molar-refractivity contribution in [2.75, 3.05) is 0 Å². The molecule has 5 heteroatoms. The first-order chi connectivity index (χ1) is 16.8. The zero-order valence-corrected chi connectivity index (χ0v) is 18.1. The monoisotopic (exact) mass is 435 g/mol. The number of para-hydroxylation sites is 3. The van der Waals surface area contributed by atoms with Gasteiger partial charge in [-0.1, -0.05) is 60.7 Å². The van der Waals surface area contributed by atoms with Crippen molar-refractivity contribution in [1.29, 1.82) is 5.26 Å². The van der Waals surface area contributed by atoms with Gasteiger partial charge in [-0.3, -0.25) is 9.13 Å². The first-order valence-electron chi connectivity index (χ1n) is 11.1. The van der Waals surface area contributed by atoms with Gasteiger partial charge in [0.1, 0.15) is 11.0 Å². The van der Waals surface area contributed by atoms with Crippen molar-refractivity contribution in [2.45, 2.75) is 0 Å². The highest BCUT2D eigenvalue weighted by atomic mass is 15.1. The van der Waals surface area contributed by atoms with Crippen LogP contribution in [0.5, 0.6) is 0 Å². The Hall–Kier alpha value is -4.95. The van der Waals surface area contributed by atoms with Crippen LogP contribution < -0.4 is 0 Å². The van der Waals surface area contributed by atoms with Crippen molar-refractivity contribution in [2.24, 2.45) is 0 Å². The van der Waals surface area contributed by atoms with E-state index in [4.69, 9.17) is 9.97 Å². The molecule has 4 aromatic carbocycles. The molecular weight excluding hydrogens is 418 g/mol. The van der Waals surface area contributed by atoms with E-state index in [-0.39, 0.29) is 0 Å². The molecule has 0 radical (unpaired) electrons. The highest BCUT2D eigenvalue weighted by Gasteiger charge is 2.20. The van der Waals surface area contributed by atoms with E-state index in [1.165, 1.54) is 0 Å². The third-order valence-corrected chi connectivity index (χ3v) is 6.33. The van der Waals surface area contributed by atoms with E-state index in [0.29, 0.717) is 5.56 Å². The van der Waals surface area contributed by atoms with Crippen molar-refractivity contribution in [3.63, 3.8) is 0 Å². The Labute approximate surface area is 194 Å². The summed E-state index contributed by atoms with van der Waals surface area (Å²) in [6.45, 7) is 0. The molecule has 7 rings (SSSR count). The molecule has 0 saturated carbocycles. The molecule has 0 saturated heterocycles. The highest BCUT2D eigenvalue weighted by molar-refractivity contribution is 6.12. The van der Waals surface area contributed by atoms with Gasteiger partial charge >= 0.3 is 0 Å². The lowest BCUT2D eigenvalue weighted by Gasteiger charge is -2.08. The average molecular weight is 435 g/mol. The first-order valence-corrected chi connectivity index (χ1v) is 11.1. The minimum atomic E-state index is 0.609. The highest BCUT2D eigenvalue weighted by Crippen LogP contribution is 2.35. The van der Waals surface area contributed by atoms with E-state index in [2.05, 4.69) is 51.6 Å². The Morgan fingerprint density at radius 1 is 0.559 bits per heavy atom. The summed E-state index contributed by atoms with van der Waals surface area (Å²) in [5.41, 5.74) is 7.93. The molecule has 34 heavy (non-hydrogen) atoms. The van der Waals surface area contributed by atoms with Crippen LogP contribution in [0.15, 0.2) is 103 Å². The zero-order chi connectivity index (χ0) is 22.6. The van der Waals surface area contributed by atoms with E-state index < -0.39 is 0 Å². The predicted octanol–water partition coefficient (Wildman–Crippen LogP) is 6.54. The second-order valence-electron chi connectivity index (χ2n) is 8.27. The smallest absolute Gasteiger partial charge is 0.165 e. The largest absolute Gasteiger partial charge is 0.293 e. The summed E-state index contributed by atoms with van der Waals surface area (Å²) in [5, 5.41) is 11.5. The number of fused-ring (bicyclic) bond motifs is 6. The van der Waals surface area contributed by atoms with Crippen molar-refractivity contribution in [1.82, 2.24) is 19.1 Å². The molecule has 0 aliphatic carbocycles. The molecule has 0 bridgehead atoms. The van der Waals surface area contributed by atoms with Crippen LogP contribution >= 0.6 is 0 Å². The van der Waals surface area contributed by atoms with Gasteiger partial charge in [-0.15, -0.1) is 0 Å². The van der Waals surface area contributed by atoms with Crippen LogP contribution in [0.3, 0.4) is 0 Å². The molecule has 7 aromatic rings. The molecule has 0 aliphatic heterocycles. The Balaban J connectivity index is 1.68. The van der Waals surface area contributed by atoms with Crippen LogP contribution in [0, 0.1) is 11.3 Å².